The van der Waals surface area contributed by atoms with Gasteiger partial charge in [-0.3, -0.25) is 0 Å². The molecule has 2 aromatic carbocycles. The Balaban J connectivity index is 1.95. The lowest BCUT2D eigenvalue weighted by atomic mass is 9.99. The van der Waals surface area contributed by atoms with Crippen LogP contribution >= 0.6 is 23.4 Å². The van der Waals surface area contributed by atoms with Gasteiger partial charge in [0.25, 0.3) is 0 Å². The van der Waals surface area contributed by atoms with Crippen LogP contribution in [-0.4, -0.2) is 5.17 Å². The second-order valence-electron chi connectivity index (χ2n) is 5.27. The van der Waals surface area contributed by atoms with Crippen LogP contribution < -0.4 is 5.73 Å². The lowest BCUT2D eigenvalue weighted by Gasteiger charge is -2.08. The Hall–Kier alpha value is -1.45. The molecule has 0 amide bonds. The van der Waals surface area contributed by atoms with Gasteiger partial charge in [0, 0.05) is 10.8 Å². The monoisotopic (exact) mass is 332 g/mol. The topological polar surface area (TPSA) is 38.4 Å². The van der Waals surface area contributed by atoms with Crippen molar-refractivity contribution in [2.45, 2.75) is 31.9 Å². The fourth-order valence-corrected chi connectivity index (χ4v) is 2.81. The summed E-state index contributed by atoms with van der Waals surface area (Å²) in [6.07, 6.45) is 1.14. The van der Waals surface area contributed by atoms with Gasteiger partial charge in [-0.25, -0.2) is 4.99 Å². The van der Waals surface area contributed by atoms with Crippen molar-refractivity contribution in [2.24, 2.45) is 10.7 Å². The van der Waals surface area contributed by atoms with Crippen LogP contribution in [0.2, 0.25) is 5.02 Å². The molecule has 2 rings (SSSR count). The minimum absolute atomic E-state index is 0.575. The molecule has 2 aromatic rings. The van der Waals surface area contributed by atoms with Gasteiger partial charge in [-0.05, 0) is 47.7 Å². The Labute approximate surface area is 141 Å². The number of thioether (sulfide) groups is 1. The number of hydrogen-bond acceptors (Lipinski definition) is 2. The average molecular weight is 333 g/mol. The number of benzene rings is 2. The van der Waals surface area contributed by atoms with E-state index in [-0.39, 0.29) is 0 Å². The quantitative estimate of drug-likeness (QED) is 0.560. The molecule has 0 heterocycles. The van der Waals surface area contributed by atoms with Gasteiger partial charge in [-0.2, -0.15) is 0 Å². The van der Waals surface area contributed by atoms with E-state index in [1.54, 1.807) is 0 Å². The van der Waals surface area contributed by atoms with Crippen molar-refractivity contribution in [2.75, 3.05) is 0 Å². The number of nitrogens with zero attached hydrogens (tertiary/aromatic N) is 1. The van der Waals surface area contributed by atoms with Crippen molar-refractivity contribution in [3.63, 3.8) is 0 Å². The van der Waals surface area contributed by atoms with Gasteiger partial charge in [0.15, 0.2) is 5.17 Å². The smallest absolute Gasteiger partial charge is 0.159 e. The first kappa shape index (κ1) is 16.9. The molecule has 1 atom stereocenters. The van der Waals surface area contributed by atoms with Crippen LogP contribution in [-0.2, 0) is 5.75 Å². The molecule has 0 saturated carbocycles. The molecule has 0 fully saturated rings. The molecule has 0 aromatic heterocycles. The number of halogens is 1. The number of nitrogens with two attached hydrogens (primary N) is 1. The van der Waals surface area contributed by atoms with Crippen LogP contribution in [0.4, 0.5) is 5.69 Å². The third-order valence-electron chi connectivity index (χ3n) is 3.61. The lowest BCUT2D eigenvalue weighted by Crippen LogP contribution is -2.06. The highest BCUT2D eigenvalue weighted by Crippen LogP contribution is 2.23. The second-order valence-corrected chi connectivity index (χ2v) is 6.70. The first-order valence-corrected chi connectivity index (χ1v) is 8.76. The van der Waals surface area contributed by atoms with Crippen LogP contribution in [0.1, 0.15) is 37.3 Å². The summed E-state index contributed by atoms with van der Waals surface area (Å²) in [4.78, 5) is 4.45. The predicted octanol–water partition coefficient (Wildman–Crippen LogP) is 5.73. The standard InChI is InChI=1S/C18H21ClN2S/c1-3-13(2)15-6-10-17(11-7-15)21-18(20)22-12-14-4-8-16(19)9-5-14/h4-11,13H,3,12H2,1-2H3,(H2,20,21)/t13-/m1/s1. The molecule has 0 spiro atoms. The van der Waals surface area contributed by atoms with Crippen molar-refractivity contribution >= 4 is 34.2 Å². The van der Waals surface area contributed by atoms with Crippen LogP contribution in [0, 0.1) is 0 Å². The summed E-state index contributed by atoms with van der Waals surface area (Å²) >= 11 is 7.40. The average Bonchev–Trinajstić information content (AvgIpc) is 2.54. The summed E-state index contributed by atoms with van der Waals surface area (Å²) in [6, 6.07) is 16.1. The Kier molecular flexibility index (Phi) is 6.34. The fraction of sp³-hybridized carbons (Fsp3) is 0.278. The molecular weight excluding hydrogens is 312 g/mol. The zero-order valence-corrected chi connectivity index (χ0v) is 14.5. The Morgan fingerprint density at radius 2 is 1.77 bits per heavy atom. The molecule has 0 bridgehead atoms. The second kappa shape index (κ2) is 8.25. The Bertz CT molecular complexity index is 621. The molecule has 4 heteroatoms. The highest BCUT2D eigenvalue weighted by atomic mass is 35.5. The zero-order chi connectivity index (χ0) is 15.9. The van der Waals surface area contributed by atoms with E-state index in [1.807, 2.05) is 36.4 Å². The summed E-state index contributed by atoms with van der Waals surface area (Å²) in [5, 5.41) is 1.32. The third-order valence-corrected chi connectivity index (χ3v) is 4.73. The minimum Gasteiger partial charge on any atom is -0.378 e. The van der Waals surface area contributed by atoms with Crippen LogP contribution in [0.15, 0.2) is 53.5 Å². The third kappa shape index (κ3) is 5.08. The van der Waals surface area contributed by atoms with E-state index in [9.17, 15) is 0 Å². The van der Waals surface area contributed by atoms with E-state index in [1.165, 1.54) is 22.9 Å². The molecule has 0 aliphatic rings. The SMILES string of the molecule is CC[C@@H](C)c1ccc(N=C(N)SCc2ccc(Cl)cc2)cc1. The van der Waals surface area contributed by atoms with Gasteiger partial charge in [0.05, 0.1) is 5.69 Å². The number of aliphatic imine (C=N–C) groups is 1. The van der Waals surface area contributed by atoms with Crippen molar-refractivity contribution in [3.05, 3.63) is 64.7 Å². The summed E-state index contributed by atoms with van der Waals surface area (Å²) in [5.41, 5.74) is 9.41. The van der Waals surface area contributed by atoms with Gasteiger partial charge in [0.2, 0.25) is 0 Å². The molecule has 0 radical (unpaired) electrons. The van der Waals surface area contributed by atoms with Gasteiger partial charge < -0.3 is 5.73 Å². The van der Waals surface area contributed by atoms with E-state index in [4.69, 9.17) is 17.3 Å². The van der Waals surface area contributed by atoms with Gasteiger partial charge in [-0.15, -0.1) is 0 Å². The molecule has 0 saturated heterocycles. The van der Waals surface area contributed by atoms with E-state index < -0.39 is 0 Å². The zero-order valence-electron chi connectivity index (χ0n) is 12.9. The van der Waals surface area contributed by atoms with Crippen LogP contribution in [0.5, 0.6) is 0 Å². The molecule has 0 aliphatic heterocycles. The maximum atomic E-state index is 5.99. The highest BCUT2D eigenvalue weighted by molar-refractivity contribution is 8.13. The van der Waals surface area contributed by atoms with Gasteiger partial charge >= 0.3 is 0 Å². The van der Waals surface area contributed by atoms with E-state index in [0.717, 1.165) is 22.9 Å². The fourth-order valence-electron chi connectivity index (χ4n) is 2.01. The van der Waals surface area contributed by atoms with E-state index >= 15 is 0 Å². The number of rotatable bonds is 5. The number of hydrogen-bond donors (Lipinski definition) is 1. The summed E-state index contributed by atoms with van der Waals surface area (Å²) in [6.45, 7) is 4.43. The summed E-state index contributed by atoms with van der Waals surface area (Å²) < 4.78 is 0. The van der Waals surface area contributed by atoms with Crippen molar-refractivity contribution < 1.29 is 0 Å². The Morgan fingerprint density at radius 3 is 2.36 bits per heavy atom. The molecule has 0 unspecified atom stereocenters. The van der Waals surface area contributed by atoms with Gasteiger partial charge in [0.1, 0.15) is 0 Å². The highest BCUT2D eigenvalue weighted by Gasteiger charge is 2.03. The van der Waals surface area contributed by atoms with Crippen molar-refractivity contribution in [1.29, 1.82) is 0 Å². The van der Waals surface area contributed by atoms with Crippen molar-refractivity contribution in [1.82, 2.24) is 0 Å². The molecule has 2 N–H and O–H groups in total. The summed E-state index contributed by atoms with van der Waals surface area (Å²) in [5.74, 6) is 1.37. The Morgan fingerprint density at radius 1 is 1.14 bits per heavy atom. The van der Waals surface area contributed by atoms with Crippen molar-refractivity contribution in [3.8, 4) is 0 Å². The first-order valence-electron chi connectivity index (χ1n) is 7.40. The van der Waals surface area contributed by atoms with Crippen LogP contribution in [0.3, 0.4) is 0 Å². The predicted molar refractivity (Wildman–Crippen MR) is 99.2 cm³/mol. The van der Waals surface area contributed by atoms with Gasteiger partial charge in [-0.1, -0.05) is 61.5 Å². The molecule has 0 aliphatic carbocycles. The first-order chi connectivity index (χ1) is 10.6. The summed E-state index contributed by atoms with van der Waals surface area (Å²) in [7, 11) is 0. The maximum absolute atomic E-state index is 5.99. The molecule has 2 nitrogen and oxygen atoms in total. The lowest BCUT2D eigenvalue weighted by molar-refractivity contribution is 0.734. The molecule has 22 heavy (non-hydrogen) atoms. The normalized spacial score (nSPS) is 13.1. The van der Waals surface area contributed by atoms with E-state index in [0.29, 0.717) is 11.1 Å². The maximum Gasteiger partial charge on any atom is 0.159 e. The number of amidine groups is 1. The molecular formula is C18H21ClN2S. The van der Waals surface area contributed by atoms with E-state index in [2.05, 4.69) is 31.0 Å². The van der Waals surface area contributed by atoms with Crippen LogP contribution in [0.25, 0.3) is 0 Å². The minimum atomic E-state index is 0.575. The largest absolute Gasteiger partial charge is 0.378 e. The molecule has 116 valence electrons.